The first kappa shape index (κ1) is 42.1. The van der Waals surface area contributed by atoms with E-state index >= 15 is 0 Å². The topological polar surface area (TPSA) is 246 Å². The smallest absolute Gasteiger partial charge is 0.326 e. The lowest BCUT2D eigenvalue weighted by atomic mass is 10.1. The van der Waals surface area contributed by atoms with Crippen molar-refractivity contribution in [2.24, 2.45) is 0 Å². The highest BCUT2D eigenvalue weighted by Crippen LogP contribution is 2.11. The molecule has 1 aliphatic heterocycles. The second kappa shape index (κ2) is 25.8. The number of aliphatic carboxylic acids is 2. The Hall–Kier alpha value is -4.10. The van der Waals surface area contributed by atoms with Crippen molar-refractivity contribution in [3.63, 3.8) is 0 Å². The molecule has 1 aliphatic rings. The number of anilines is 1. The molecule has 18 heteroatoms. The molecule has 4 amide bonds. The van der Waals surface area contributed by atoms with Crippen molar-refractivity contribution in [1.29, 1.82) is 0 Å². The van der Waals surface area contributed by atoms with E-state index in [0.29, 0.717) is 17.7 Å². The van der Waals surface area contributed by atoms with Crippen molar-refractivity contribution in [2.75, 3.05) is 77.3 Å². The molecule has 1 unspecified atom stereocenters. The van der Waals surface area contributed by atoms with E-state index in [1.807, 2.05) is 17.4 Å². The Labute approximate surface area is 298 Å². The summed E-state index contributed by atoms with van der Waals surface area (Å²) in [5.74, 6) is -3.59. The lowest BCUT2D eigenvalue weighted by Crippen LogP contribution is -2.47. The summed E-state index contributed by atoms with van der Waals surface area (Å²) in [6.45, 7) is 6.89. The van der Waals surface area contributed by atoms with E-state index in [0.717, 1.165) is 90.1 Å². The minimum atomic E-state index is -1.40. The number of carbonyl (C=O) groups excluding carboxylic acids is 3. The highest BCUT2D eigenvalue weighted by molar-refractivity contribution is 7.80. The number of amides is 4. The average molecular weight is 723 g/mol. The van der Waals surface area contributed by atoms with Gasteiger partial charge in [-0.05, 0) is 55.6 Å². The Bertz CT molecular complexity index is 1200. The molecule has 1 saturated heterocycles. The van der Waals surface area contributed by atoms with Gasteiger partial charge < -0.3 is 63.4 Å². The highest BCUT2D eigenvalue weighted by atomic mass is 32.1. The van der Waals surface area contributed by atoms with Crippen LogP contribution >= 0.6 is 12.2 Å². The molecule has 0 bridgehead atoms. The predicted molar refractivity (Wildman–Crippen MR) is 194 cm³/mol. The zero-order chi connectivity index (χ0) is 36.4. The van der Waals surface area contributed by atoms with Crippen LogP contribution in [0, 0.1) is 0 Å². The van der Waals surface area contributed by atoms with E-state index in [2.05, 4.69) is 60.0 Å². The first-order valence-electron chi connectivity index (χ1n) is 17.1. The van der Waals surface area contributed by atoms with Crippen LogP contribution in [-0.2, 0) is 25.6 Å². The summed E-state index contributed by atoms with van der Waals surface area (Å²) >= 11 is 5.45. The highest BCUT2D eigenvalue weighted by Gasteiger charge is 2.21. The number of rotatable bonds is 19. The molecule has 2 rings (SSSR count). The molecule has 17 nitrogen and oxygen atoms in total. The van der Waals surface area contributed by atoms with Crippen LogP contribution in [0.15, 0.2) is 24.3 Å². The number of thiocarbonyl (C=S) groups is 1. The predicted octanol–water partition coefficient (Wildman–Crippen LogP) is -1.33. The number of benzene rings is 1. The van der Waals surface area contributed by atoms with Gasteiger partial charge in [0.2, 0.25) is 11.8 Å². The molecular formula is C32H54N10O7S. The number of carbonyl (C=O) groups is 5. The lowest BCUT2D eigenvalue weighted by Gasteiger charge is -2.21. The quantitative estimate of drug-likeness (QED) is 0.0585. The Morgan fingerprint density at radius 3 is 2.06 bits per heavy atom. The maximum absolute atomic E-state index is 12.0. The summed E-state index contributed by atoms with van der Waals surface area (Å²) in [4.78, 5) is 57.4. The Morgan fingerprint density at radius 2 is 1.40 bits per heavy atom. The first-order chi connectivity index (χ1) is 24.1. The summed E-state index contributed by atoms with van der Waals surface area (Å²) in [7, 11) is 0. The standard InChI is InChI=1S/C32H54N10O7S/c43-27(10-9-26(30(47)48)42-31(49)40-22-29(45)46)39-21-28(44)37-11-3-1-2-4-12-38-32(50)41-24-7-5-23(6-8-24)19-25-20-35-16-15-33-13-14-34-17-18-36-25/h5-8,25-26,33-36H,1-4,9-22H2,(H,37,44)(H,39,43)(H,45,46)(H,47,48)(H2,38,41,50)(H2,40,42,49)/t25?,26-/m0/s1. The third-order valence-electron chi connectivity index (χ3n) is 7.60. The zero-order valence-corrected chi connectivity index (χ0v) is 29.4. The van der Waals surface area contributed by atoms with Crippen molar-refractivity contribution in [3.8, 4) is 0 Å². The maximum atomic E-state index is 12.0. The van der Waals surface area contributed by atoms with Gasteiger partial charge in [0.25, 0.3) is 0 Å². The van der Waals surface area contributed by atoms with Crippen LogP contribution in [0.25, 0.3) is 0 Å². The van der Waals surface area contributed by atoms with Crippen molar-refractivity contribution >= 4 is 52.8 Å². The fourth-order valence-electron chi connectivity index (χ4n) is 4.91. The summed E-state index contributed by atoms with van der Waals surface area (Å²) in [5, 5.41) is 48.0. The largest absolute Gasteiger partial charge is 0.480 e. The number of hydrogen-bond acceptors (Lipinski definition) is 10. The van der Waals surface area contributed by atoms with Gasteiger partial charge in [-0.1, -0.05) is 25.0 Å². The van der Waals surface area contributed by atoms with Gasteiger partial charge in [-0.25, -0.2) is 9.59 Å². The summed E-state index contributed by atoms with van der Waals surface area (Å²) in [6.07, 6.45) is 3.97. The van der Waals surface area contributed by atoms with Crippen LogP contribution in [0.2, 0.25) is 0 Å². The molecule has 1 aromatic carbocycles. The number of hydrogen-bond donors (Lipinski definition) is 12. The molecule has 50 heavy (non-hydrogen) atoms. The summed E-state index contributed by atoms with van der Waals surface area (Å²) < 4.78 is 0. The van der Waals surface area contributed by atoms with Gasteiger partial charge in [0.15, 0.2) is 5.11 Å². The molecule has 12 N–H and O–H groups in total. The van der Waals surface area contributed by atoms with E-state index in [-0.39, 0.29) is 25.3 Å². The van der Waals surface area contributed by atoms with E-state index in [1.54, 1.807) is 0 Å². The Morgan fingerprint density at radius 1 is 0.760 bits per heavy atom. The van der Waals surface area contributed by atoms with Gasteiger partial charge in [0.1, 0.15) is 12.6 Å². The van der Waals surface area contributed by atoms with Gasteiger partial charge in [0.05, 0.1) is 6.54 Å². The molecule has 0 radical (unpaired) electrons. The summed E-state index contributed by atoms with van der Waals surface area (Å²) in [6, 6.07) is 6.31. The summed E-state index contributed by atoms with van der Waals surface area (Å²) in [5.41, 5.74) is 2.19. The number of nitrogens with one attached hydrogen (secondary N) is 10. The van der Waals surface area contributed by atoms with Gasteiger partial charge in [-0.2, -0.15) is 0 Å². The van der Waals surface area contributed by atoms with Crippen LogP contribution in [0.3, 0.4) is 0 Å². The average Bonchev–Trinajstić information content (AvgIpc) is 3.07. The lowest BCUT2D eigenvalue weighted by molar-refractivity contribution is -0.139. The fraction of sp³-hybridized carbons (Fsp3) is 0.625. The second-order valence-electron chi connectivity index (χ2n) is 11.8. The SMILES string of the molecule is O=C(O)CNC(=O)N[C@@H](CCC(=O)NCC(=O)NCCCCCCNC(=S)Nc1ccc(CC2CNCCNCCNCCN2)cc1)C(=O)O. The van der Waals surface area contributed by atoms with E-state index in [9.17, 15) is 29.1 Å². The van der Waals surface area contributed by atoms with Gasteiger partial charge in [-0.15, -0.1) is 0 Å². The fourth-order valence-corrected chi connectivity index (χ4v) is 5.13. The Balaban J connectivity index is 1.51. The van der Waals surface area contributed by atoms with E-state index in [4.69, 9.17) is 17.3 Å². The first-order valence-corrected chi connectivity index (χ1v) is 17.5. The monoisotopic (exact) mass is 722 g/mol. The third-order valence-corrected chi connectivity index (χ3v) is 7.84. The van der Waals surface area contributed by atoms with Crippen LogP contribution in [-0.4, -0.2) is 129 Å². The van der Waals surface area contributed by atoms with E-state index in [1.165, 1.54) is 5.56 Å². The molecule has 0 saturated carbocycles. The molecule has 0 spiro atoms. The molecule has 1 aromatic rings. The van der Waals surface area contributed by atoms with E-state index < -0.39 is 36.5 Å². The van der Waals surface area contributed by atoms with Crippen LogP contribution < -0.4 is 53.2 Å². The number of carboxylic acids is 2. The normalized spacial score (nSPS) is 16.0. The number of carboxylic acid groups (broad SMARTS) is 2. The van der Waals surface area contributed by atoms with Crippen LogP contribution in [0.1, 0.15) is 44.1 Å². The zero-order valence-electron chi connectivity index (χ0n) is 28.5. The van der Waals surface area contributed by atoms with Gasteiger partial charge >= 0.3 is 18.0 Å². The maximum Gasteiger partial charge on any atom is 0.326 e. The second-order valence-corrected chi connectivity index (χ2v) is 12.2. The van der Waals surface area contributed by atoms with Crippen LogP contribution in [0.4, 0.5) is 10.5 Å². The molecule has 0 aliphatic carbocycles. The molecule has 280 valence electrons. The number of urea groups is 1. The van der Waals surface area contributed by atoms with Crippen molar-refractivity contribution in [1.82, 2.24) is 47.9 Å². The molecule has 1 fully saturated rings. The number of unbranched alkanes of at least 4 members (excludes halogenated alkanes) is 3. The molecular weight excluding hydrogens is 668 g/mol. The van der Waals surface area contributed by atoms with Crippen molar-refractivity contribution in [2.45, 2.75) is 57.0 Å². The van der Waals surface area contributed by atoms with Gasteiger partial charge in [-0.3, -0.25) is 14.4 Å². The van der Waals surface area contributed by atoms with Crippen molar-refractivity contribution < 1.29 is 34.2 Å². The van der Waals surface area contributed by atoms with Crippen molar-refractivity contribution in [3.05, 3.63) is 29.8 Å². The molecule has 1 heterocycles. The third kappa shape index (κ3) is 21.1. The molecule has 2 atom stereocenters. The van der Waals surface area contributed by atoms with Gasteiger partial charge in [0, 0.05) is 77.1 Å². The van der Waals surface area contributed by atoms with Crippen LogP contribution in [0.5, 0.6) is 0 Å². The molecule has 0 aromatic heterocycles. The minimum Gasteiger partial charge on any atom is -0.480 e. The minimum absolute atomic E-state index is 0.236. The Kier molecular flexibility index (Phi) is 21.7.